The lowest BCUT2D eigenvalue weighted by atomic mass is 10.1. The van der Waals surface area contributed by atoms with E-state index in [4.69, 9.17) is 17.3 Å². The Labute approximate surface area is 124 Å². The van der Waals surface area contributed by atoms with Gasteiger partial charge in [-0.25, -0.2) is 9.37 Å². The summed E-state index contributed by atoms with van der Waals surface area (Å²) in [5.74, 6) is -0.0764. The maximum Gasteiger partial charge on any atom is 0.201 e. The molecule has 20 heavy (non-hydrogen) atoms. The van der Waals surface area contributed by atoms with Gasteiger partial charge in [-0.1, -0.05) is 11.6 Å². The molecule has 0 aliphatic rings. The predicted octanol–water partition coefficient (Wildman–Crippen LogP) is 4.28. The van der Waals surface area contributed by atoms with Gasteiger partial charge in [0, 0.05) is 12.1 Å². The largest absolute Gasteiger partial charge is 0.369 e. The monoisotopic (exact) mass is 309 g/mol. The topological polar surface area (TPSA) is 43.8 Å². The number of halogens is 2. The van der Waals surface area contributed by atoms with Gasteiger partial charge in [0.15, 0.2) is 0 Å². The summed E-state index contributed by atoms with van der Waals surface area (Å²) in [6, 6.07) is 5.07. The lowest BCUT2D eigenvalue weighted by Crippen LogP contribution is -2.11. The third kappa shape index (κ3) is 2.27. The van der Waals surface area contributed by atoms with Crippen LogP contribution in [0.3, 0.4) is 0 Å². The summed E-state index contributed by atoms with van der Waals surface area (Å²) in [4.78, 5) is 4.26. The van der Waals surface area contributed by atoms with E-state index >= 15 is 0 Å². The van der Waals surface area contributed by atoms with Crippen LogP contribution in [0.2, 0.25) is 5.02 Å². The van der Waals surface area contributed by atoms with Crippen LogP contribution in [0.4, 0.5) is 10.3 Å². The quantitative estimate of drug-likeness (QED) is 0.785. The molecular formula is C14H13ClFN3S. The highest BCUT2D eigenvalue weighted by Crippen LogP contribution is 2.29. The van der Waals surface area contributed by atoms with E-state index < -0.39 is 5.82 Å². The number of imidazole rings is 1. The van der Waals surface area contributed by atoms with Crippen molar-refractivity contribution in [1.29, 1.82) is 0 Å². The van der Waals surface area contributed by atoms with Crippen LogP contribution in [-0.4, -0.2) is 9.55 Å². The first kappa shape index (κ1) is 13.4. The molecule has 0 radical (unpaired) electrons. The van der Waals surface area contributed by atoms with Gasteiger partial charge in [0.25, 0.3) is 0 Å². The standard InChI is InChI=1S/C14H13ClFN3S/c1-8(4-9-2-3-20-7-9)19-13-6-11(16)10(15)5-12(13)18-14(19)17/h2-3,5-8H,4H2,1H3,(H2,17,18). The average Bonchev–Trinajstić information content (AvgIpc) is 2.97. The van der Waals surface area contributed by atoms with Gasteiger partial charge < -0.3 is 10.3 Å². The molecule has 0 fully saturated rings. The molecular weight excluding hydrogens is 297 g/mol. The highest BCUT2D eigenvalue weighted by atomic mass is 35.5. The predicted molar refractivity (Wildman–Crippen MR) is 81.8 cm³/mol. The van der Waals surface area contributed by atoms with Gasteiger partial charge in [-0.05, 0) is 41.8 Å². The molecule has 2 aromatic heterocycles. The molecule has 2 heterocycles. The third-order valence-electron chi connectivity index (χ3n) is 3.31. The summed E-state index contributed by atoms with van der Waals surface area (Å²) >= 11 is 7.44. The third-order valence-corrected chi connectivity index (χ3v) is 4.33. The number of nitrogens with zero attached hydrogens (tertiary/aromatic N) is 2. The number of anilines is 1. The van der Waals surface area contributed by atoms with Crippen molar-refractivity contribution in [2.24, 2.45) is 0 Å². The van der Waals surface area contributed by atoms with Crippen LogP contribution in [0.25, 0.3) is 11.0 Å². The minimum atomic E-state index is -0.456. The van der Waals surface area contributed by atoms with E-state index in [2.05, 4.69) is 16.4 Å². The van der Waals surface area contributed by atoms with E-state index in [1.54, 1.807) is 11.3 Å². The number of hydrogen-bond acceptors (Lipinski definition) is 3. The first-order chi connectivity index (χ1) is 9.56. The number of rotatable bonds is 3. The Balaban J connectivity index is 2.06. The fourth-order valence-electron chi connectivity index (χ4n) is 2.41. The van der Waals surface area contributed by atoms with Gasteiger partial charge in [-0.2, -0.15) is 11.3 Å². The molecule has 2 N–H and O–H groups in total. The zero-order valence-corrected chi connectivity index (χ0v) is 12.4. The molecule has 1 atom stereocenters. The summed E-state index contributed by atoms with van der Waals surface area (Å²) in [5.41, 5.74) is 8.50. The lowest BCUT2D eigenvalue weighted by Gasteiger charge is -2.15. The van der Waals surface area contributed by atoms with Crippen molar-refractivity contribution in [3.8, 4) is 0 Å². The van der Waals surface area contributed by atoms with E-state index in [1.807, 2.05) is 16.9 Å². The summed E-state index contributed by atoms with van der Waals surface area (Å²) < 4.78 is 15.5. The molecule has 1 aromatic carbocycles. The summed E-state index contributed by atoms with van der Waals surface area (Å²) in [5, 5.41) is 4.20. The van der Waals surface area contributed by atoms with Crippen LogP contribution < -0.4 is 5.73 Å². The highest BCUT2D eigenvalue weighted by Gasteiger charge is 2.16. The average molecular weight is 310 g/mol. The normalized spacial score (nSPS) is 12.9. The zero-order valence-electron chi connectivity index (χ0n) is 10.8. The van der Waals surface area contributed by atoms with Crippen LogP contribution in [0.5, 0.6) is 0 Å². The first-order valence-electron chi connectivity index (χ1n) is 6.20. The number of nitrogen functional groups attached to an aromatic ring is 1. The first-order valence-corrected chi connectivity index (χ1v) is 7.52. The fraction of sp³-hybridized carbons (Fsp3) is 0.214. The second-order valence-electron chi connectivity index (χ2n) is 4.78. The Morgan fingerprint density at radius 1 is 1.50 bits per heavy atom. The second-order valence-corrected chi connectivity index (χ2v) is 5.97. The van der Waals surface area contributed by atoms with Crippen LogP contribution in [0.15, 0.2) is 29.0 Å². The number of fused-ring (bicyclic) bond motifs is 1. The van der Waals surface area contributed by atoms with Crippen molar-refractivity contribution in [2.45, 2.75) is 19.4 Å². The van der Waals surface area contributed by atoms with Crippen molar-refractivity contribution < 1.29 is 4.39 Å². The second kappa shape index (κ2) is 5.07. The maximum atomic E-state index is 13.7. The van der Waals surface area contributed by atoms with E-state index in [1.165, 1.54) is 17.7 Å². The minimum absolute atomic E-state index is 0.0626. The molecule has 3 nitrogen and oxygen atoms in total. The smallest absolute Gasteiger partial charge is 0.201 e. The molecule has 6 heteroatoms. The fourth-order valence-corrected chi connectivity index (χ4v) is 3.25. The number of thiophene rings is 1. The Kier molecular flexibility index (Phi) is 3.40. The number of benzene rings is 1. The van der Waals surface area contributed by atoms with Crippen molar-refractivity contribution >= 4 is 39.9 Å². The van der Waals surface area contributed by atoms with E-state index in [-0.39, 0.29) is 11.1 Å². The number of nitrogens with two attached hydrogens (primary N) is 1. The molecule has 0 spiro atoms. The molecule has 0 bridgehead atoms. The molecule has 3 aromatic rings. The molecule has 0 saturated carbocycles. The molecule has 104 valence electrons. The van der Waals surface area contributed by atoms with Gasteiger partial charge in [-0.15, -0.1) is 0 Å². The van der Waals surface area contributed by atoms with Crippen molar-refractivity contribution in [3.63, 3.8) is 0 Å². The van der Waals surface area contributed by atoms with Gasteiger partial charge in [0.1, 0.15) is 5.82 Å². The Hall–Kier alpha value is -1.59. The lowest BCUT2D eigenvalue weighted by molar-refractivity contribution is 0.565. The molecule has 1 unspecified atom stereocenters. The van der Waals surface area contributed by atoms with Gasteiger partial charge in [-0.3, -0.25) is 0 Å². The number of aromatic nitrogens is 2. The molecule has 3 rings (SSSR count). The molecule has 0 aliphatic carbocycles. The summed E-state index contributed by atoms with van der Waals surface area (Å²) in [6.07, 6.45) is 0.823. The van der Waals surface area contributed by atoms with E-state index in [0.717, 1.165) is 6.42 Å². The van der Waals surface area contributed by atoms with Crippen molar-refractivity contribution in [3.05, 3.63) is 45.4 Å². The van der Waals surface area contributed by atoms with Crippen LogP contribution in [0.1, 0.15) is 18.5 Å². The maximum absolute atomic E-state index is 13.7. The summed E-state index contributed by atoms with van der Waals surface area (Å²) in [6.45, 7) is 2.04. The number of hydrogen-bond donors (Lipinski definition) is 1. The molecule has 0 aliphatic heterocycles. The van der Waals surface area contributed by atoms with Gasteiger partial charge in [0.05, 0.1) is 16.1 Å². The van der Waals surface area contributed by atoms with E-state index in [0.29, 0.717) is 17.0 Å². The minimum Gasteiger partial charge on any atom is -0.369 e. The van der Waals surface area contributed by atoms with Crippen molar-refractivity contribution in [1.82, 2.24) is 9.55 Å². The van der Waals surface area contributed by atoms with Crippen LogP contribution >= 0.6 is 22.9 Å². The SMILES string of the molecule is CC(Cc1ccsc1)n1c(N)nc2cc(Cl)c(F)cc21. The van der Waals surface area contributed by atoms with Gasteiger partial charge in [0.2, 0.25) is 5.95 Å². The molecule has 0 saturated heterocycles. The van der Waals surface area contributed by atoms with Crippen molar-refractivity contribution in [2.75, 3.05) is 5.73 Å². The van der Waals surface area contributed by atoms with Crippen LogP contribution in [-0.2, 0) is 6.42 Å². The highest BCUT2D eigenvalue weighted by molar-refractivity contribution is 7.07. The molecule has 0 amide bonds. The Morgan fingerprint density at radius 3 is 3.00 bits per heavy atom. The summed E-state index contributed by atoms with van der Waals surface area (Å²) in [7, 11) is 0. The van der Waals surface area contributed by atoms with Gasteiger partial charge >= 0.3 is 0 Å². The Bertz CT molecular complexity index is 751. The van der Waals surface area contributed by atoms with Crippen LogP contribution in [0, 0.1) is 5.82 Å². The van der Waals surface area contributed by atoms with E-state index in [9.17, 15) is 4.39 Å². The Morgan fingerprint density at radius 2 is 2.30 bits per heavy atom. The zero-order chi connectivity index (χ0) is 14.3.